The molecule has 12 heavy (non-hydrogen) atoms. The van der Waals surface area contributed by atoms with Crippen LogP contribution in [0.5, 0.6) is 0 Å². The van der Waals surface area contributed by atoms with E-state index in [0.29, 0.717) is 0 Å². The van der Waals surface area contributed by atoms with Gasteiger partial charge in [0, 0.05) is 0 Å². The summed E-state index contributed by atoms with van der Waals surface area (Å²) in [6.07, 6.45) is 5.15. The van der Waals surface area contributed by atoms with Crippen LogP contribution >= 0.6 is 0 Å². The number of allylic oxidation sites excluding steroid dienone is 3. The van der Waals surface area contributed by atoms with Gasteiger partial charge in [-0.3, -0.25) is 6.58 Å². The molecule has 0 aliphatic heterocycles. The van der Waals surface area contributed by atoms with E-state index in [4.69, 9.17) is 6.58 Å². The molecule has 0 aliphatic rings. The second kappa shape index (κ2) is 12.6. The summed E-state index contributed by atoms with van der Waals surface area (Å²) in [6.45, 7) is 6.85. The van der Waals surface area contributed by atoms with Gasteiger partial charge in [-0.15, -0.1) is 0 Å². The molecule has 0 aliphatic carbocycles. The molecular formula is C8H7O3W-. The summed E-state index contributed by atoms with van der Waals surface area (Å²) in [6, 6.07) is 0. The van der Waals surface area contributed by atoms with Gasteiger partial charge in [0.05, 0.1) is 0 Å². The molecule has 3 nitrogen and oxygen atoms in total. The minimum Gasteiger partial charge on any atom is -0.293 e. The first-order valence-corrected chi connectivity index (χ1v) is 7.20. The Morgan fingerprint density at radius 1 is 1.17 bits per heavy atom. The summed E-state index contributed by atoms with van der Waals surface area (Å²) in [4.78, 5) is 28.2. The Balaban J connectivity index is 0. The molecule has 0 radical (unpaired) electrons. The van der Waals surface area contributed by atoms with Gasteiger partial charge < -0.3 is 0 Å². The third-order valence-corrected chi connectivity index (χ3v) is 2.35. The fraction of sp³-hybridized carbons (Fsp3) is 0.125. The zero-order valence-electron chi connectivity index (χ0n) is 6.44. The number of carbonyl (C=O) groups excluding carboxylic acids is 3. The van der Waals surface area contributed by atoms with Crippen molar-refractivity contribution in [3.05, 3.63) is 24.8 Å². The van der Waals surface area contributed by atoms with Gasteiger partial charge in [0.2, 0.25) is 0 Å². The van der Waals surface area contributed by atoms with Gasteiger partial charge in [0.25, 0.3) is 0 Å². The maximum Gasteiger partial charge on any atom is -0.0633 e. The van der Waals surface area contributed by atoms with Crippen molar-refractivity contribution in [1.82, 2.24) is 0 Å². The Hall–Kier alpha value is -1.09. The van der Waals surface area contributed by atoms with Crippen molar-refractivity contribution < 1.29 is 30.3 Å². The molecule has 0 N–H and O–H groups in total. The molecule has 0 rings (SSSR count). The fourth-order valence-corrected chi connectivity index (χ4v) is 0.529. The van der Waals surface area contributed by atoms with E-state index < -0.39 is 15.9 Å². The Morgan fingerprint density at radius 3 is 1.58 bits per heavy atom. The van der Waals surface area contributed by atoms with Crippen molar-refractivity contribution in [3.8, 4) is 0 Å². The van der Waals surface area contributed by atoms with Gasteiger partial charge in [-0.1, -0.05) is 6.92 Å². The Labute approximate surface area is 75.1 Å². The van der Waals surface area contributed by atoms with Crippen LogP contribution in [-0.4, -0.2) is 12.8 Å². The van der Waals surface area contributed by atoms with E-state index >= 15 is 0 Å². The van der Waals surface area contributed by atoms with E-state index in [9.17, 15) is 14.4 Å². The summed E-state index contributed by atoms with van der Waals surface area (Å²) < 4.78 is 3.90. The van der Waals surface area contributed by atoms with E-state index in [0.717, 1.165) is 0 Å². The van der Waals surface area contributed by atoms with Gasteiger partial charge in [0.1, 0.15) is 0 Å². The summed E-state index contributed by atoms with van der Waals surface area (Å²) in [5.41, 5.74) is 0. The molecule has 0 aromatic heterocycles. The first kappa shape index (κ1) is 13.5. The Bertz CT molecular complexity index is 312. The second-order valence-corrected chi connectivity index (χ2v) is 5.27. The van der Waals surface area contributed by atoms with E-state index in [-0.39, 0.29) is 0 Å². The maximum absolute atomic E-state index is 9.40. The number of hydrogen-bond donors (Lipinski definition) is 0. The van der Waals surface area contributed by atoms with E-state index in [2.05, 4.69) is 0 Å². The third-order valence-electron chi connectivity index (χ3n) is 0.554. The van der Waals surface area contributed by atoms with Crippen molar-refractivity contribution in [1.29, 1.82) is 0 Å². The molecule has 0 saturated heterocycles. The standard InChI is InChI=1S/C5H7.3CO.W/c1-3-5-4-2;3*1-2;/h1,3-5H,2H3;;;;/q-1;;;;. The minimum atomic E-state index is -3.05. The molecule has 0 aromatic rings. The van der Waals surface area contributed by atoms with Crippen molar-refractivity contribution in [2.45, 2.75) is 6.92 Å². The first-order valence-electron chi connectivity index (χ1n) is 2.80. The van der Waals surface area contributed by atoms with Gasteiger partial charge in [-0.05, 0) is 0 Å². The summed E-state index contributed by atoms with van der Waals surface area (Å²) in [7, 11) is 0. The normalized spacial score (nSPS) is 6.75. The minimum absolute atomic E-state index is 1.30. The maximum atomic E-state index is 9.40. The van der Waals surface area contributed by atoms with E-state index in [1.807, 2.05) is 13.0 Å². The zero-order valence-corrected chi connectivity index (χ0v) is 9.38. The van der Waals surface area contributed by atoms with E-state index in [1.54, 1.807) is 6.08 Å². The average Bonchev–Trinajstić information content (AvgIpc) is 2.10. The molecule has 0 spiro atoms. The SMILES string of the molecule is O=[C]=[W](=[C]=O)=[C]=O.[CH-]=CC=CC. The average molecular weight is 335 g/mol. The first-order chi connectivity index (χ1) is 5.76. The molecule has 0 atom stereocenters. The van der Waals surface area contributed by atoms with Crippen LogP contribution in [0.25, 0.3) is 0 Å². The van der Waals surface area contributed by atoms with Crippen molar-refractivity contribution in [2.75, 3.05) is 0 Å². The van der Waals surface area contributed by atoms with Crippen LogP contribution in [0, 0.1) is 6.58 Å². The molecule has 64 valence electrons. The summed E-state index contributed by atoms with van der Waals surface area (Å²) in [5.74, 6) is 0. The molecule has 0 saturated carbocycles. The molecule has 0 aromatic carbocycles. The van der Waals surface area contributed by atoms with Gasteiger partial charge in [-0.2, -0.15) is 6.08 Å². The monoisotopic (exact) mass is 335 g/mol. The quantitative estimate of drug-likeness (QED) is 0.514. The van der Waals surface area contributed by atoms with Gasteiger partial charge in [0.15, 0.2) is 0 Å². The molecule has 0 unspecified atom stereocenters. The molecule has 0 heterocycles. The van der Waals surface area contributed by atoms with Crippen LogP contribution in [0.4, 0.5) is 0 Å². The van der Waals surface area contributed by atoms with Crippen molar-refractivity contribution in [3.63, 3.8) is 0 Å². The summed E-state index contributed by atoms with van der Waals surface area (Å²) in [5, 5.41) is 0. The number of rotatable bonds is 1. The topological polar surface area (TPSA) is 51.2 Å². The van der Waals surface area contributed by atoms with E-state index in [1.165, 1.54) is 18.9 Å². The predicted octanol–water partition coefficient (Wildman–Crippen LogP) is 0.358. The van der Waals surface area contributed by atoms with Crippen LogP contribution in [0.1, 0.15) is 6.92 Å². The van der Waals surface area contributed by atoms with Crippen LogP contribution < -0.4 is 0 Å². The predicted molar refractivity (Wildman–Crippen MR) is 40.8 cm³/mol. The molecule has 0 bridgehead atoms. The molecule has 0 amide bonds. The second-order valence-electron chi connectivity index (χ2n) is 1.27. The van der Waals surface area contributed by atoms with Gasteiger partial charge >= 0.3 is 43.1 Å². The van der Waals surface area contributed by atoms with Crippen LogP contribution in [-0.2, 0) is 30.3 Å². The largest absolute Gasteiger partial charge is 0.293 e. The smallest absolute Gasteiger partial charge is 0.0633 e. The van der Waals surface area contributed by atoms with Crippen LogP contribution in [0.2, 0.25) is 0 Å². The zero-order chi connectivity index (χ0) is 9.82. The molecular weight excluding hydrogens is 328 g/mol. The Kier molecular flexibility index (Phi) is 14.1. The fourth-order valence-electron chi connectivity index (χ4n) is 0.162. The molecule has 0 fully saturated rings. The Morgan fingerprint density at radius 2 is 1.58 bits per heavy atom. The third kappa shape index (κ3) is 11.7. The van der Waals surface area contributed by atoms with Crippen LogP contribution in [0.3, 0.4) is 0 Å². The van der Waals surface area contributed by atoms with Crippen molar-refractivity contribution >= 4 is 12.8 Å². The molecule has 4 heteroatoms. The number of hydrogen-bond acceptors (Lipinski definition) is 3. The summed E-state index contributed by atoms with van der Waals surface area (Å²) >= 11 is -3.05. The van der Waals surface area contributed by atoms with Crippen LogP contribution in [0.15, 0.2) is 18.2 Å². The van der Waals surface area contributed by atoms with Crippen molar-refractivity contribution in [2.24, 2.45) is 0 Å². The van der Waals surface area contributed by atoms with Gasteiger partial charge in [-0.25, -0.2) is 12.2 Å².